The van der Waals surface area contributed by atoms with E-state index in [1.165, 1.54) is 22.5 Å². The van der Waals surface area contributed by atoms with Gasteiger partial charge in [-0.05, 0) is 48.7 Å². The van der Waals surface area contributed by atoms with Crippen molar-refractivity contribution in [1.82, 2.24) is 4.31 Å². The molecule has 25 heavy (non-hydrogen) atoms. The summed E-state index contributed by atoms with van der Waals surface area (Å²) in [5.41, 5.74) is 0.787. The smallest absolute Gasteiger partial charge is 0.243 e. The molecular formula is C18H19FN2O3S. The summed E-state index contributed by atoms with van der Waals surface area (Å²) in [5.74, 6) is -0.787. The van der Waals surface area contributed by atoms with Gasteiger partial charge in [0.15, 0.2) is 0 Å². The largest absolute Gasteiger partial charge is 0.326 e. The molecule has 1 amide bonds. The molecule has 1 fully saturated rings. The molecule has 0 bridgehead atoms. The van der Waals surface area contributed by atoms with Crippen LogP contribution in [-0.2, 0) is 21.2 Å². The number of benzene rings is 2. The van der Waals surface area contributed by atoms with E-state index in [2.05, 4.69) is 5.32 Å². The Morgan fingerprint density at radius 3 is 2.32 bits per heavy atom. The summed E-state index contributed by atoms with van der Waals surface area (Å²) < 4.78 is 39.9. The first kappa shape index (κ1) is 17.6. The molecule has 1 aliphatic rings. The second-order valence-electron chi connectivity index (χ2n) is 5.95. The lowest BCUT2D eigenvalue weighted by Gasteiger charge is -2.15. The molecule has 1 N–H and O–H groups in total. The number of carbonyl (C=O) groups excluding carboxylic acids is 1. The number of hydrogen-bond donors (Lipinski definition) is 1. The van der Waals surface area contributed by atoms with Crippen molar-refractivity contribution in [2.45, 2.75) is 24.2 Å². The fourth-order valence-electron chi connectivity index (χ4n) is 2.81. The third kappa shape index (κ3) is 4.05. The molecule has 3 rings (SSSR count). The van der Waals surface area contributed by atoms with Crippen LogP contribution in [-0.4, -0.2) is 31.7 Å². The predicted molar refractivity (Wildman–Crippen MR) is 93.2 cm³/mol. The second kappa shape index (κ2) is 7.33. The van der Waals surface area contributed by atoms with Crippen molar-refractivity contribution in [3.05, 3.63) is 59.9 Å². The lowest BCUT2D eigenvalue weighted by atomic mass is 10.1. The average Bonchev–Trinajstić information content (AvgIpc) is 3.13. The van der Waals surface area contributed by atoms with Gasteiger partial charge in [-0.1, -0.05) is 18.2 Å². The minimum atomic E-state index is -3.47. The highest BCUT2D eigenvalue weighted by Gasteiger charge is 2.26. The molecule has 0 unspecified atom stereocenters. The van der Waals surface area contributed by atoms with Crippen molar-refractivity contribution in [3.8, 4) is 0 Å². The SMILES string of the molecule is O=C(Cc1ccccc1F)Nc1ccc(S(=O)(=O)N2CCCC2)cc1. The van der Waals surface area contributed by atoms with Gasteiger partial charge in [0.1, 0.15) is 5.82 Å². The van der Waals surface area contributed by atoms with Crippen molar-refractivity contribution in [3.63, 3.8) is 0 Å². The lowest BCUT2D eigenvalue weighted by Crippen LogP contribution is -2.27. The molecule has 132 valence electrons. The van der Waals surface area contributed by atoms with E-state index in [1.807, 2.05) is 0 Å². The van der Waals surface area contributed by atoms with Crippen LogP contribution in [0.2, 0.25) is 0 Å². The van der Waals surface area contributed by atoms with Crippen molar-refractivity contribution in [2.75, 3.05) is 18.4 Å². The molecular weight excluding hydrogens is 343 g/mol. The number of carbonyl (C=O) groups is 1. The average molecular weight is 362 g/mol. The first-order valence-corrected chi connectivity index (χ1v) is 9.54. The van der Waals surface area contributed by atoms with Gasteiger partial charge in [-0.2, -0.15) is 4.31 Å². The van der Waals surface area contributed by atoms with Crippen LogP contribution in [0.1, 0.15) is 18.4 Å². The third-order valence-electron chi connectivity index (χ3n) is 4.15. The molecule has 2 aromatic rings. The molecule has 1 heterocycles. The number of hydrogen-bond acceptors (Lipinski definition) is 3. The van der Waals surface area contributed by atoms with Gasteiger partial charge < -0.3 is 5.32 Å². The Kier molecular flexibility index (Phi) is 5.15. The quantitative estimate of drug-likeness (QED) is 0.889. The molecule has 0 saturated carbocycles. The van der Waals surface area contributed by atoms with Crippen molar-refractivity contribution in [2.24, 2.45) is 0 Å². The van der Waals surface area contributed by atoms with E-state index in [0.29, 0.717) is 24.3 Å². The first-order valence-electron chi connectivity index (χ1n) is 8.10. The summed E-state index contributed by atoms with van der Waals surface area (Å²) >= 11 is 0. The van der Waals surface area contributed by atoms with Gasteiger partial charge in [0.2, 0.25) is 15.9 Å². The highest BCUT2D eigenvalue weighted by molar-refractivity contribution is 7.89. The van der Waals surface area contributed by atoms with E-state index >= 15 is 0 Å². The fraction of sp³-hybridized carbons (Fsp3) is 0.278. The predicted octanol–water partition coefficient (Wildman–Crippen LogP) is 2.79. The lowest BCUT2D eigenvalue weighted by molar-refractivity contribution is -0.115. The Balaban J connectivity index is 1.66. The molecule has 0 atom stereocenters. The van der Waals surface area contributed by atoms with Crippen LogP contribution in [0.4, 0.5) is 10.1 Å². The standard InChI is InChI=1S/C18H19FN2O3S/c19-17-6-2-1-5-14(17)13-18(22)20-15-7-9-16(10-8-15)25(23,24)21-11-3-4-12-21/h1-2,5-10H,3-4,11-13H2,(H,20,22). The summed E-state index contributed by atoms with van der Waals surface area (Å²) in [4.78, 5) is 12.2. The zero-order chi connectivity index (χ0) is 17.9. The number of nitrogens with one attached hydrogen (secondary N) is 1. The monoisotopic (exact) mass is 362 g/mol. The van der Waals surface area contributed by atoms with Crippen LogP contribution in [0, 0.1) is 5.82 Å². The number of sulfonamides is 1. The van der Waals surface area contributed by atoms with Crippen molar-refractivity contribution < 1.29 is 17.6 Å². The van der Waals surface area contributed by atoms with Crippen LogP contribution in [0.15, 0.2) is 53.4 Å². The summed E-state index contributed by atoms with van der Waals surface area (Å²) in [6.07, 6.45) is 1.67. The van der Waals surface area contributed by atoms with E-state index in [0.717, 1.165) is 12.8 Å². The fourth-order valence-corrected chi connectivity index (χ4v) is 4.32. The van der Waals surface area contributed by atoms with Crippen molar-refractivity contribution in [1.29, 1.82) is 0 Å². The summed E-state index contributed by atoms with van der Waals surface area (Å²) in [6.45, 7) is 1.09. The van der Waals surface area contributed by atoms with Crippen molar-refractivity contribution >= 4 is 21.6 Å². The first-order chi connectivity index (χ1) is 12.0. The van der Waals surface area contributed by atoms with Crippen LogP contribution in [0.3, 0.4) is 0 Å². The molecule has 2 aromatic carbocycles. The zero-order valence-electron chi connectivity index (χ0n) is 13.6. The van der Waals surface area contributed by atoms with E-state index < -0.39 is 15.8 Å². The summed E-state index contributed by atoms with van der Waals surface area (Å²) in [5, 5.41) is 2.65. The van der Waals surface area contributed by atoms with E-state index in [4.69, 9.17) is 0 Å². The Hall–Kier alpha value is -2.25. The minimum absolute atomic E-state index is 0.0828. The van der Waals surface area contributed by atoms with Gasteiger partial charge in [0.05, 0.1) is 11.3 Å². The van der Waals surface area contributed by atoms with Crippen LogP contribution in [0.5, 0.6) is 0 Å². The van der Waals surface area contributed by atoms with Crippen LogP contribution >= 0.6 is 0 Å². The zero-order valence-corrected chi connectivity index (χ0v) is 14.4. The topological polar surface area (TPSA) is 66.5 Å². The molecule has 7 heteroatoms. The summed E-state index contributed by atoms with van der Waals surface area (Å²) in [6, 6.07) is 12.1. The molecule has 0 radical (unpaired) electrons. The molecule has 5 nitrogen and oxygen atoms in total. The minimum Gasteiger partial charge on any atom is -0.326 e. The van der Waals surface area contributed by atoms with Crippen LogP contribution in [0.25, 0.3) is 0 Å². The Bertz CT molecular complexity index is 860. The third-order valence-corrected chi connectivity index (χ3v) is 6.06. The second-order valence-corrected chi connectivity index (χ2v) is 7.89. The number of anilines is 1. The van der Waals surface area contributed by atoms with Gasteiger partial charge in [-0.25, -0.2) is 12.8 Å². The van der Waals surface area contributed by atoms with Gasteiger partial charge in [-0.15, -0.1) is 0 Å². The maximum Gasteiger partial charge on any atom is 0.243 e. The number of halogens is 1. The molecule has 0 aliphatic carbocycles. The Labute approximate surface area is 146 Å². The Morgan fingerprint density at radius 2 is 1.68 bits per heavy atom. The highest BCUT2D eigenvalue weighted by atomic mass is 32.2. The number of nitrogens with zero attached hydrogens (tertiary/aromatic N) is 1. The van der Waals surface area contributed by atoms with E-state index in [1.54, 1.807) is 30.3 Å². The maximum absolute atomic E-state index is 13.6. The highest BCUT2D eigenvalue weighted by Crippen LogP contribution is 2.22. The Morgan fingerprint density at radius 1 is 1.04 bits per heavy atom. The molecule has 1 aliphatic heterocycles. The van der Waals surface area contributed by atoms with Crippen LogP contribution < -0.4 is 5.32 Å². The van der Waals surface area contributed by atoms with Gasteiger partial charge >= 0.3 is 0 Å². The van der Waals surface area contributed by atoms with E-state index in [-0.39, 0.29) is 17.2 Å². The molecule has 1 saturated heterocycles. The molecule has 0 spiro atoms. The molecule has 0 aromatic heterocycles. The summed E-state index contributed by atoms with van der Waals surface area (Å²) in [7, 11) is -3.47. The number of amides is 1. The van der Waals surface area contributed by atoms with Gasteiger partial charge in [0, 0.05) is 18.8 Å². The van der Waals surface area contributed by atoms with Gasteiger partial charge in [-0.3, -0.25) is 4.79 Å². The van der Waals surface area contributed by atoms with E-state index in [9.17, 15) is 17.6 Å². The maximum atomic E-state index is 13.6. The number of rotatable bonds is 5. The van der Waals surface area contributed by atoms with Gasteiger partial charge in [0.25, 0.3) is 0 Å². The normalized spacial score (nSPS) is 15.2.